The number of benzene rings is 2. The summed E-state index contributed by atoms with van der Waals surface area (Å²) < 4.78 is 5.47. The van der Waals surface area contributed by atoms with Crippen LogP contribution in [0.4, 0.5) is 11.4 Å². The van der Waals surface area contributed by atoms with E-state index in [9.17, 15) is 9.59 Å². The van der Waals surface area contributed by atoms with Gasteiger partial charge >= 0.3 is 0 Å². The number of carbonyl (C=O) groups is 2. The number of hydrogen-bond donors (Lipinski definition) is 2. The Morgan fingerprint density at radius 2 is 1.97 bits per heavy atom. The number of anilines is 2. The SMILES string of the molecule is Cc1ccc(CC2CCN(C(=O)CNc3ccc4c(c3)OC(C=O)N4)CC2)cc1. The summed E-state index contributed by atoms with van der Waals surface area (Å²) in [5, 5.41) is 6.13. The molecule has 1 fully saturated rings. The van der Waals surface area contributed by atoms with Crippen LogP contribution in [0.5, 0.6) is 5.75 Å². The molecule has 1 amide bonds. The minimum absolute atomic E-state index is 0.115. The number of rotatable bonds is 6. The molecule has 6 heteroatoms. The first kappa shape index (κ1) is 19.3. The lowest BCUT2D eigenvalue weighted by atomic mass is 9.90. The first-order valence-corrected chi connectivity index (χ1v) is 10.2. The van der Waals surface area contributed by atoms with Gasteiger partial charge in [0, 0.05) is 24.8 Å². The van der Waals surface area contributed by atoms with Crippen molar-refractivity contribution in [1.82, 2.24) is 4.90 Å². The number of ether oxygens (including phenoxy) is 1. The fourth-order valence-electron chi connectivity index (χ4n) is 3.96. The van der Waals surface area contributed by atoms with E-state index in [1.165, 1.54) is 11.1 Å². The molecule has 2 aromatic rings. The van der Waals surface area contributed by atoms with Gasteiger partial charge in [-0.25, -0.2) is 0 Å². The van der Waals surface area contributed by atoms with Gasteiger partial charge in [0.1, 0.15) is 5.75 Å². The van der Waals surface area contributed by atoms with E-state index >= 15 is 0 Å². The third-order valence-electron chi connectivity index (χ3n) is 5.71. The predicted octanol–water partition coefficient (Wildman–Crippen LogP) is 3.22. The Morgan fingerprint density at radius 3 is 2.69 bits per heavy atom. The largest absolute Gasteiger partial charge is 0.461 e. The molecular formula is C23H27N3O3. The summed E-state index contributed by atoms with van der Waals surface area (Å²) in [6.45, 7) is 3.99. The van der Waals surface area contributed by atoms with E-state index in [1.807, 2.05) is 23.1 Å². The van der Waals surface area contributed by atoms with E-state index in [1.54, 1.807) is 0 Å². The summed E-state index contributed by atoms with van der Waals surface area (Å²) in [5.74, 6) is 1.38. The zero-order valence-corrected chi connectivity index (χ0v) is 16.7. The number of fused-ring (bicyclic) bond motifs is 1. The van der Waals surface area contributed by atoms with Gasteiger partial charge in [-0.1, -0.05) is 29.8 Å². The van der Waals surface area contributed by atoms with E-state index in [-0.39, 0.29) is 12.5 Å². The van der Waals surface area contributed by atoms with E-state index in [4.69, 9.17) is 4.74 Å². The van der Waals surface area contributed by atoms with Crippen molar-refractivity contribution in [2.45, 2.75) is 32.4 Å². The number of amides is 1. The molecule has 2 heterocycles. The highest BCUT2D eigenvalue weighted by Gasteiger charge is 2.24. The monoisotopic (exact) mass is 393 g/mol. The number of aryl methyl sites for hydroxylation is 1. The molecule has 1 unspecified atom stereocenters. The highest BCUT2D eigenvalue weighted by Crippen LogP contribution is 2.33. The van der Waals surface area contributed by atoms with Gasteiger partial charge in [0.05, 0.1) is 12.2 Å². The lowest BCUT2D eigenvalue weighted by molar-refractivity contribution is -0.130. The van der Waals surface area contributed by atoms with E-state index < -0.39 is 6.23 Å². The molecule has 152 valence electrons. The molecule has 2 aliphatic heterocycles. The van der Waals surface area contributed by atoms with Crippen LogP contribution in [0, 0.1) is 12.8 Å². The molecule has 0 spiro atoms. The number of hydrogen-bond acceptors (Lipinski definition) is 5. The minimum Gasteiger partial charge on any atom is -0.461 e. The number of nitrogens with one attached hydrogen (secondary N) is 2. The summed E-state index contributed by atoms with van der Waals surface area (Å²) in [4.78, 5) is 25.4. The second-order valence-electron chi connectivity index (χ2n) is 7.90. The molecule has 0 aliphatic carbocycles. The molecule has 1 saturated heterocycles. The topological polar surface area (TPSA) is 70.7 Å². The summed E-state index contributed by atoms with van der Waals surface area (Å²) in [6, 6.07) is 14.3. The Balaban J connectivity index is 1.23. The van der Waals surface area contributed by atoms with Crippen LogP contribution >= 0.6 is 0 Å². The number of piperidine rings is 1. The van der Waals surface area contributed by atoms with Gasteiger partial charge in [-0.15, -0.1) is 0 Å². The highest BCUT2D eigenvalue weighted by atomic mass is 16.5. The fourth-order valence-corrected chi connectivity index (χ4v) is 3.96. The summed E-state index contributed by atoms with van der Waals surface area (Å²) >= 11 is 0. The van der Waals surface area contributed by atoms with Gasteiger partial charge in [0.15, 0.2) is 6.29 Å². The maximum Gasteiger partial charge on any atom is 0.241 e. The second kappa shape index (κ2) is 8.55. The quantitative estimate of drug-likeness (QED) is 0.738. The van der Waals surface area contributed by atoms with Crippen LogP contribution in [0.1, 0.15) is 24.0 Å². The van der Waals surface area contributed by atoms with Crippen LogP contribution in [0.2, 0.25) is 0 Å². The molecule has 2 aliphatic rings. The van der Waals surface area contributed by atoms with Crippen LogP contribution in [-0.4, -0.2) is 43.0 Å². The zero-order valence-electron chi connectivity index (χ0n) is 16.7. The first-order chi connectivity index (χ1) is 14.1. The van der Waals surface area contributed by atoms with Crippen molar-refractivity contribution < 1.29 is 14.3 Å². The first-order valence-electron chi connectivity index (χ1n) is 10.2. The van der Waals surface area contributed by atoms with Crippen LogP contribution in [0.15, 0.2) is 42.5 Å². The third-order valence-corrected chi connectivity index (χ3v) is 5.71. The molecule has 2 N–H and O–H groups in total. The third kappa shape index (κ3) is 4.70. The Morgan fingerprint density at radius 1 is 1.21 bits per heavy atom. The molecule has 0 aromatic heterocycles. The number of aldehydes is 1. The van der Waals surface area contributed by atoms with E-state index in [0.29, 0.717) is 11.7 Å². The molecule has 29 heavy (non-hydrogen) atoms. The molecule has 1 atom stereocenters. The molecular weight excluding hydrogens is 366 g/mol. The maximum absolute atomic E-state index is 12.6. The molecule has 0 bridgehead atoms. The van der Waals surface area contributed by atoms with Gasteiger partial charge in [-0.3, -0.25) is 9.59 Å². The molecule has 0 saturated carbocycles. The standard InChI is InChI=1S/C23H27N3O3/c1-16-2-4-17(5-3-16)12-18-8-10-26(11-9-18)23(28)14-24-19-6-7-20-21(13-19)29-22(15-27)25-20/h2-7,13,15,18,22,24-25H,8-12,14H2,1H3. The average molecular weight is 393 g/mol. The Bertz CT molecular complexity index is 873. The average Bonchev–Trinajstić information content (AvgIpc) is 3.17. The molecule has 6 nitrogen and oxygen atoms in total. The van der Waals surface area contributed by atoms with Crippen LogP contribution in [-0.2, 0) is 16.0 Å². The zero-order chi connectivity index (χ0) is 20.2. The lowest BCUT2D eigenvalue weighted by Gasteiger charge is -2.32. The summed E-state index contributed by atoms with van der Waals surface area (Å²) in [5.41, 5.74) is 4.26. The molecule has 2 aromatic carbocycles. The van der Waals surface area contributed by atoms with Crippen molar-refractivity contribution in [3.05, 3.63) is 53.6 Å². The Kier molecular flexibility index (Phi) is 5.69. The van der Waals surface area contributed by atoms with Crippen molar-refractivity contribution in [3.8, 4) is 5.75 Å². The van der Waals surface area contributed by atoms with Crippen molar-refractivity contribution in [3.63, 3.8) is 0 Å². The van der Waals surface area contributed by atoms with Crippen molar-refractivity contribution in [1.29, 1.82) is 0 Å². The van der Waals surface area contributed by atoms with Crippen LogP contribution < -0.4 is 15.4 Å². The normalized spacial score (nSPS) is 18.5. The van der Waals surface area contributed by atoms with Gasteiger partial charge in [-0.2, -0.15) is 0 Å². The molecule has 4 rings (SSSR count). The lowest BCUT2D eigenvalue weighted by Crippen LogP contribution is -2.41. The van der Waals surface area contributed by atoms with E-state index in [2.05, 4.69) is 41.8 Å². The summed E-state index contributed by atoms with van der Waals surface area (Å²) in [7, 11) is 0. The Labute approximate surface area is 171 Å². The van der Waals surface area contributed by atoms with Gasteiger partial charge in [-0.05, 0) is 49.8 Å². The highest BCUT2D eigenvalue weighted by molar-refractivity contribution is 5.81. The maximum atomic E-state index is 12.6. The van der Waals surface area contributed by atoms with Crippen LogP contribution in [0.25, 0.3) is 0 Å². The minimum atomic E-state index is -0.636. The van der Waals surface area contributed by atoms with Gasteiger partial charge in [0.2, 0.25) is 12.1 Å². The van der Waals surface area contributed by atoms with Gasteiger partial charge < -0.3 is 20.3 Å². The second-order valence-corrected chi connectivity index (χ2v) is 7.90. The number of nitrogens with zero attached hydrogens (tertiary/aromatic N) is 1. The van der Waals surface area contributed by atoms with Gasteiger partial charge in [0.25, 0.3) is 0 Å². The smallest absolute Gasteiger partial charge is 0.241 e. The summed E-state index contributed by atoms with van der Waals surface area (Å²) in [6.07, 6.45) is 3.27. The van der Waals surface area contributed by atoms with E-state index in [0.717, 1.165) is 50.0 Å². The van der Waals surface area contributed by atoms with Crippen molar-refractivity contribution in [2.24, 2.45) is 5.92 Å². The Hall–Kier alpha value is -3.02. The number of carbonyl (C=O) groups excluding carboxylic acids is 2. The molecule has 0 radical (unpaired) electrons. The van der Waals surface area contributed by atoms with Crippen LogP contribution in [0.3, 0.4) is 0 Å². The fraction of sp³-hybridized carbons (Fsp3) is 0.391. The van der Waals surface area contributed by atoms with Crippen molar-refractivity contribution in [2.75, 3.05) is 30.3 Å². The predicted molar refractivity (Wildman–Crippen MR) is 113 cm³/mol. The van der Waals surface area contributed by atoms with Crippen molar-refractivity contribution >= 4 is 23.6 Å². The number of likely N-dealkylation sites (tertiary alicyclic amines) is 1.